The van der Waals surface area contributed by atoms with Gasteiger partial charge in [0.1, 0.15) is 5.75 Å². The number of aromatic hydroxyl groups is 2. The van der Waals surface area contributed by atoms with Crippen molar-refractivity contribution in [3.05, 3.63) is 53.6 Å². The molecule has 0 aliphatic carbocycles. The van der Waals surface area contributed by atoms with Gasteiger partial charge in [-0.25, -0.2) is 0 Å². The molecule has 0 saturated carbocycles. The van der Waals surface area contributed by atoms with E-state index >= 15 is 0 Å². The second kappa shape index (κ2) is 5.91. The minimum Gasteiger partial charge on any atom is -0.508 e. The highest BCUT2D eigenvalue weighted by Gasteiger charge is 2.00. The van der Waals surface area contributed by atoms with Crippen LogP contribution < -0.4 is 4.74 Å². The Morgan fingerprint density at radius 1 is 1.11 bits per heavy atom. The van der Waals surface area contributed by atoms with E-state index < -0.39 is 0 Å². The molecule has 0 atom stereocenters. The molecule has 2 aromatic rings. The number of phenolic OH excluding ortho intramolecular Hbond substituents is 2. The topological polar surface area (TPSA) is 62.0 Å². The van der Waals surface area contributed by atoms with Gasteiger partial charge >= 0.3 is 0 Å². The number of nitrogens with zero attached hydrogens (tertiary/aromatic N) is 1. The molecule has 0 spiro atoms. The van der Waals surface area contributed by atoms with E-state index in [1.165, 1.54) is 7.11 Å². The average Bonchev–Trinajstić information content (AvgIpc) is 2.43. The first-order valence-corrected chi connectivity index (χ1v) is 5.84. The first-order valence-electron chi connectivity index (χ1n) is 5.84. The van der Waals surface area contributed by atoms with Gasteiger partial charge in [-0.1, -0.05) is 12.1 Å². The van der Waals surface area contributed by atoms with Crippen LogP contribution in [0, 0.1) is 0 Å². The van der Waals surface area contributed by atoms with Crippen molar-refractivity contribution in [2.45, 2.75) is 6.54 Å². The van der Waals surface area contributed by atoms with Crippen molar-refractivity contribution in [1.29, 1.82) is 0 Å². The molecule has 4 nitrogen and oxygen atoms in total. The number of benzene rings is 2. The molecule has 4 heteroatoms. The summed E-state index contributed by atoms with van der Waals surface area (Å²) < 4.78 is 5.02. The zero-order valence-corrected chi connectivity index (χ0v) is 10.6. The standard InChI is InChI=1S/C15H15NO3/c1-19-15-8-12(4-7-14(15)18)10-16-9-11-2-5-13(17)6-3-11/h2-8,10,17-18H,9H2,1H3. The molecule has 2 rings (SSSR count). The predicted octanol–water partition coefficient (Wildman–Crippen LogP) is 2.73. The van der Waals surface area contributed by atoms with Crippen molar-refractivity contribution < 1.29 is 14.9 Å². The second-order valence-corrected chi connectivity index (χ2v) is 4.07. The van der Waals surface area contributed by atoms with Crippen LogP contribution in [0.15, 0.2) is 47.5 Å². The summed E-state index contributed by atoms with van der Waals surface area (Å²) >= 11 is 0. The maximum Gasteiger partial charge on any atom is 0.161 e. The van der Waals surface area contributed by atoms with Crippen LogP contribution in [0.5, 0.6) is 17.2 Å². The number of aliphatic imine (C=N–C) groups is 1. The van der Waals surface area contributed by atoms with Crippen LogP contribution in [0.2, 0.25) is 0 Å². The fourth-order valence-electron chi connectivity index (χ4n) is 1.63. The molecule has 19 heavy (non-hydrogen) atoms. The van der Waals surface area contributed by atoms with Gasteiger partial charge < -0.3 is 14.9 Å². The second-order valence-electron chi connectivity index (χ2n) is 4.07. The van der Waals surface area contributed by atoms with Gasteiger partial charge in [0.25, 0.3) is 0 Å². The molecule has 0 aliphatic rings. The molecule has 0 bridgehead atoms. The highest BCUT2D eigenvalue weighted by atomic mass is 16.5. The Morgan fingerprint density at radius 2 is 1.84 bits per heavy atom. The average molecular weight is 257 g/mol. The van der Waals surface area contributed by atoms with Crippen molar-refractivity contribution in [3.63, 3.8) is 0 Å². The van der Waals surface area contributed by atoms with Gasteiger partial charge in [0.15, 0.2) is 11.5 Å². The van der Waals surface area contributed by atoms with Crippen LogP contribution in [0.1, 0.15) is 11.1 Å². The number of phenols is 2. The Hall–Kier alpha value is -2.49. The van der Waals surface area contributed by atoms with Crippen LogP contribution in [-0.4, -0.2) is 23.5 Å². The van der Waals surface area contributed by atoms with Gasteiger partial charge in [0, 0.05) is 6.21 Å². The zero-order chi connectivity index (χ0) is 13.7. The van der Waals surface area contributed by atoms with Gasteiger partial charge in [0.05, 0.1) is 13.7 Å². The van der Waals surface area contributed by atoms with Crippen LogP contribution in [0.25, 0.3) is 0 Å². The molecule has 0 radical (unpaired) electrons. The highest BCUT2D eigenvalue weighted by molar-refractivity contribution is 5.80. The summed E-state index contributed by atoms with van der Waals surface area (Å²) in [6.45, 7) is 0.531. The summed E-state index contributed by atoms with van der Waals surface area (Å²) in [5.41, 5.74) is 1.87. The molecule has 0 fully saturated rings. The van der Waals surface area contributed by atoms with Crippen LogP contribution in [0.4, 0.5) is 0 Å². The molecule has 0 amide bonds. The maximum atomic E-state index is 9.47. The molecule has 0 saturated heterocycles. The summed E-state index contributed by atoms with van der Waals surface area (Å²) in [4.78, 5) is 4.30. The lowest BCUT2D eigenvalue weighted by Gasteiger charge is -2.03. The van der Waals surface area contributed by atoms with E-state index in [0.29, 0.717) is 12.3 Å². The van der Waals surface area contributed by atoms with E-state index in [1.54, 1.807) is 36.5 Å². The number of hydrogen-bond donors (Lipinski definition) is 2. The number of hydrogen-bond acceptors (Lipinski definition) is 4. The summed E-state index contributed by atoms with van der Waals surface area (Å²) in [5, 5.41) is 18.6. The van der Waals surface area contributed by atoms with Gasteiger partial charge in [0.2, 0.25) is 0 Å². The van der Waals surface area contributed by atoms with E-state index in [0.717, 1.165) is 11.1 Å². The van der Waals surface area contributed by atoms with Crippen LogP contribution in [-0.2, 0) is 6.54 Å². The number of rotatable bonds is 4. The van der Waals surface area contributed by atoms with Crippen LogP contribution in [0.3, 0.4) is 0 Å². The molecule has 0 heterocycles. The summed E-state index contributed by atoms with van der Waals surface area (Å²) in [5.74, 6) is 0.780. The van der Waals surface area contributed by atoms with Crippen molar-refractivity contribution in [2.24, 2.45) is 4.99 Å². The zero-order valence-electron chi connectivity index (χ0n) is 10.6. The number of ether oxygens (including phenoxy) is 1. The minimum absolute atomic E-state index is 0.109. The van der Waals surface area contributed by atoms with Gasteiger partial charge in [-0.05, 0) is 41.5 Å². The molecule has 98 valence electrons. The Balaban J connectivity index is 2.04. The first kappa shape index (κ1) is 13.0. The normalized spacial score (nSPS) is 10.8. The molecular formula is C15H15NO3. The number of methoxy groups -OCH3 is 1. The van der Waals surface area contributed by atoms with E-state index in [1.807, 2.05) is 12.1 Å². The largest absolute Gasteiger partial charge is 0.508 e. The Kier molecular flexibility index (Phi) is 4.03. The highest BCUT2D eigenvalue weighted by Crippen LogP contribution is 2.25. The first-order chi connectivity index (χ1) is 9.19. The monoisotopic (exact) mass is 257 g/mol. The molecule has 0 aliphatic heterocycles. The third-order valence-corrected chi connectivity index (χ3v) is 2.65. The SMILES string of the molecule is COc1cc(C=NCc2ccc(O)cc2)ccc1O. The predicted molar refractivity (Wildman–Crippen MR) is 74.1 cm³/mol. The molecule has 0 aromatic heterocycles. The third-order valence-electron chi connectivity index (χ3n) is 2.65. The molecular weight excluding hydrogens is 242 g/mol. The molecule has 0 unspecified atom stereocenters. The maximum absolute atomic E-state index is 9.47. The smallest absolute Gasteiger partial charge is 0.161 e. The Labute approximate surface area is 111 Å². The van der Waals surface area contributed by atoms with E-state index in [2.05, 4.69) is 4.99 Å². The molecule has 2 N–H and O–H groups in total. The van der Waals surface area contributed by atoms with Crippen LogP contribution >= 0.6 is 0 Å². The summed E-state index contributed by atoms with van der Waals surface area (Å²) in [6.07, 6.45) is 1.72. The minimum atomic E-state index is 0.109. The van der Waals surface area contributed by atoms with Crippen molar-refractivity contribution in [2.75, 3.05) is 7.11 Å². The fraction of sp³-hybridized carbons (Fsp3) is 0.133. The third kappa shape index (κ3) is 3.48. The van der Waals surface area contributed by atoms with Gasteiger partial charge in [-0.3, -0.25) is 4.99 Å². The van der Waals surface area contributed by atoms with Gasteiger partial charge in [-0.2, -0.15) is 0 Å². The van der Waals surface area contributed by atoms with E-state index in [-0.39, 0.29) is 11.5 Å². The summed E-state index contributed by atoms with van der Waals surface area (Å²) in [6, 6.07) is 12.0. The lowest BCUT2D eigenvalue weighted by atomic mass is 10.2. The Bertz CT molecular complexity index is 576. The van der Waals surface area contributed by atoms with Crippen molar-refractivity contribution in [3.8, 4) is 17.2 Å². The van der Waals surface area contributed by atoms with Gasteiger partial charge in [-0.15, -0.1) is 0 Å². The van der Waals surface area contributed by atoms with Crippen molar-refractivity contribution in [1.82, 2.24) is 0 Å². The van der Waals surface area contributed by atoms with E-state index in [9.17, 15) is 5.11 Å². The summed E-state index contributed by atoms with van der Waals surface area (Å²) in [7, 11) is 1.51. The lowest BCUT2D eigenvalue weighted by Crippen LogP contribution is -1.88. The quantitative estimate of drug-likeness (QED) is 0.828. The molecule has 2 aromatic carbocycles. The van der Waals surface area contributed by atoms with E-state index in [4.69, 9.17) is 9.84 Å². The fourth-order valence-corrected chi connectivity index (χ4v) is 1.63. The Morgan fingerprint density at radius 3 is 2.53 bits per heavy atom. The van der Waals surface area contributed by atoms with Crippen molar-refractivity contribution >= 4 is 6.21 Å². The lowest BCUT2D eigenvalue weighted by molar-refractivity contribution is 0.373.